The number of anilines is 1. The lowest BCUT2D eigenvalue weighted by Crippen LogP contribution is -2.47. The van der Waals surface area contributed by atoms with Crippen LogP contribution in [0.25, 0.3) is 0 Å². The molecule has 1 fully saturated rings. The van der Waals surface area contributed by atoms with E-state index in [4.69, 9.17) is 10.5 Å². The van der Waals surface area contributed by atoms with Crippen LogP contribution in [0.2, 0.25) is 0 Å². The molecule has 4 heteroatoms. The Bertz CT molecular complexity index is 369. The highest BCUT2D eigenvalue weighted by atomic mass is 16.5. The van der Waals surface area contributed by atoms with Gasteiger partial charge in [-0.25, -0.2) is 4.98 Å². The van der Waals surface area contributed by atoms with Crippen molar-refractivity contribution in [1.29, 1.82) is 0 Å². The number of pyridine rings is 1. The summed E-state index contributed by atoms with van der Waals surface area (Å²) < 4.78 is 5.69. The molecule has 0 spiro atoms. The van der Waals surface area contributed by atoms with Gasteiger partial charge in [0.05, 0.1) is 12.7 Å². The van der Waals surface area contributed by atoms with Crippen molar-refractivity contribution >= 4 is 5.82 Å². The predicted octanol–water partition coefficient (Wildman–Crippen LogP) is 1.66. The van der Waals surface area contributed by atoms with Crippen LogP contribution in [0.5, 0.6) is 0 Å². The molecule has 0 aromatic carbocycles. The number of ether oxygens (including phenoxy) is 1. The topological polar surface area (TPSA) is 51.4 Å². The monoisotopic (exact) mass is 235 g/mol. The molecular weight excluding hydrogens is 214 g/mol. The van der Waals surface area contributed by atoms with Crippen molar-refractivity contribution in [2.24, 2.45) is 0 Å². The van der Waals surface area contributed by atoms with Gasteiger partial charge in [0.1, 0.15) is 5.82 Å². The fraction of sp³-hybridized carbons (Fsp3) is 0.615. The Morgan fingerprint density at radius 1 is 1.59 bits per heavy atom. The van der Waals surface area contributed by atoms with E-state index < -0.39 is 0 Å². The second kappa shape index (κ2) is 5.47. The number of hydrogen-bond acceptors (Lipinski definition) is 4. The molecule has 2 N–H and O–H groups in total. The summed E-state index contributed by atoms with van der Waals surface area (Å²) >= 11 is 0. The van der Waals surface area contributed by atoms with Crippen LogP contribution < -0.4 is 5.73 Å². The molecule has 1 aromatic heterocycles. The zero-order valence-corrected chi connectivity index (χ0v) is 10.6. The molecule has 2 unspecified atom stereocenters. The van der Waals surface area contributed by atoms with E-state index in [9.17, 15) is 0 Å². The minimum absolute atomic E-state index is 0.302. The molecule has 94 valence electrons. The van der Waals surface area contributed by atoms with Gasteiger partial charge in [-0.05, 0) is 19.4 Å². The Morgan fingerprint density at radius 2 is 2.41 bits per heavy atom. The van der Waals surface area contributed by atoms with Crippen LogP contribution >= 0.6 is 0 Å². The molecule has 2 rings (SSSR count). The van der Waals surface area contributed by atoms with E-state index in [1.54, 1.807) is 6.20 Å². The lowest BCUT2D eigenvalue weighted by Gasteiger charge is -2.38. The maximum absolute atomic E-state index is 5.89. The number of aromatic nitrogens is 1. The number of nitrogens with zero attached hydrogens (tertiary/aromatic N) is 2. The van der Waals surface area contributed by atoms with E-state index in [0.29, 0.717) is 18.0 Å². The second-order valence-corrected chi connectivity index (χ2v) is 4.68. The summed E-state index contributed by atoms with van der Waals surface area (Å²) in [6.45, 7) is 6.96. The summed E-state index contributed by atoms with van der Waals surface area (Å²) in [5.74, 6) is 0.640. The Morgan fingerprint density at radius 3 is 3.12 bits per heavy atom. The third-order valence-electron chi connectivity index (χ3n) is 3.35. The van der Waals surface area contributed by atoms with Gasteiger partial charge in [0, 0.05) is 30.9 Å². The van der Waals surface area contributed by atoms with Crippen molar-refractivity contribution in [3.8, 4) is 0 Å². The summed E-state index contributed by atoms with van der Waals surface area (Å²) in [5.41, 5.74) is 7.00. The summed E-state index contributed by atoms with van der Waals surface area (Å²) in [6.07, 6.45) is 3.14. The van der Waals surface area contributed by atoms with Crippen molar-refractivity contribution in [3.05, 3.63) is 23.9 Å². The SMILES string of the molecule is CCC1COC(C)CN1Cc1cccnc1N. The fourth-order valence-electron chi connectivity index (χ4n) is 2.29. The fourth-order valence-corrected chi connectivity index (χ4v) is 2.29. The maximum atomic E-state index is 5.89. The first-order chi connectivity index (χ1) is 8.20. The molecular formula is C13H21N3O. The van der Waals surface area contributed by atoms with E-state index in [2.05, 4.69) is 29.8 Å². The number of hydrogen-bond donors (Lipinski definition) is 1. The molecule has 1 aromatic rings. The van der Waals surface area contributed by atoms with Gasteiger partial charge in [-0.2, -0.15) is 0 Å². The van der Waals surface area contributed by atoms with Crippen molar-refractivity contribution in [3.63, 3.8) is 0 Å². The average Bonchev–Trinajstić information content (AvgIpc) is 2.32. The number of morpholine rings is 1. The van der Waals surface area contributed by atoms with Crippen LogP contribution in [0.15, 0.2) is 18.3 Å². The quantitative estimate of drug-likeness (QED) is 0.865. The van der Waals surface area contributed by atoms with E-state index in [1.807, 2.05) is 6.07 Å². The Balaban J connectivity index is 2.07. The number of nitrogen functional groups attached to an aromatic ring is 1. The van der Waals surface area contributed by atoms with Gasteiger partial charge in [-0.3, -0.25) is 4.90 Å². The summed E-state index contributed by atoms with van der Waals surface area (Å²) in [4.78, 5) is 6.58. The molecule has 0 bridgehead atoms. The lowest BCUT2D eigenvalue weighted by atomic mass is 10.1. The highest BCUT2D eigenvalue weighted by Crippen LogP contribution is 2.19. The molecule has 0 amide bonds. The van der Waals surface area contributed by atoms with Crippen molar-refractivity contribution < 1.29 is 4.74 Å². The highest BCUT2D eigenvalue weighted by molar-refractivity contribution is 5.38. The second-order valence-electron chi connectivity index (χ2n) is 4.68. The third kappa shape index (κ3) is 2.96. The largest absolute Gasteiger partial charge is 0.383 e. The van der Waals surface area contributed by atoms with Gasteiger partial charge in [0.2, 0.25) is 0 Å². The number of nitrogens with two attached hydrogens (primary N) is 1. The highest BCUT2D eigenvalue weighted by Gasteiger charge is 2.25. The summed E-state index contributed by atoms with van der Waals surface area (Å²) in [5, 5.41) is 0. The molecule has 2 heterocycles. The van der Waals surface area contributed by atoms with E-state index >= 15 is 0 Å². The average molecular weight is 235 g/mol. The lowest BCUT2D eigenvalue weighted by molar-refractivity contribution is -0.0591. The smallest absolute Gasteiger partial charge is 0.127 e. The molecule has 17 heavy (non-hydrogen) atoms. The van der Waals surface area contributed by atoms with Crippen LogP contribution in [-0.4, -0.2) is 35.2 Å². The normalized spacial score (nSPS) is 26.0. The molecule has 4 nitrogen and oxygen atoms in total. The van der Waals surface area contributed by atoms with Crippen molar-refractivity contribution in [2.45, 2.75) is 39.0 Å². The minimum Gasteiger partial charge on any atom is -0.383 e. The molecule has 2 atom stereocenters. The zero-order chi connectivity index (χ0) is 12.3. The molecule has 1 aliphatic heterocycles. The molecule has 1 saturated heterocycles. The summed E-state index contributed by atoms with van der Waals surface area (Å²) in [7, 11) is 0. The van der Waals surface area contributed by atoms with Gasteiger partial charge in [0.15, 0.2) is 0 Å². The first-order valence-electron chi connectivity index (χ1n) is 6.25. The van der Waals surface area contributed by atoms with Gasteiger partial charge in [-0.15, -0.1) is 0 Å². The van der Waals surface area contributed by atoms with E-state index in [1.165, 1.54) is 0 Å². The number of rotatable bonds is 3. The van der Waals surface area contributed by atoms with Gasteiger partial charge in [0.25, 0.3) is 0 Å². The van der Waals surface area contributed by atoms with Gasteiger partial charge in [-0.1, -0.05) is 13.0 Å². The molecule has 0 radical (unpaired) electrons. The van der Waals surface area contributed by atoms with E-state index in [0.717, 1.165) is 31.7 Å². The van der Waals surface area contributed by atoms with Crippen molar-refractivity contribution in [1.82, 2.24) is 9.88 Å². The molecule has 0 aliphatic carbocycles. The maximum Gasteiger partial charge on any atom is 0.127 e. The van der Waals surface area contributed by atoms with Crippen LogP contribution in [0.4, 0.5) is 5.82 Å². The van der Waals surface area contributed by atoms with Crippen LogP contribution in [0.3, 0.4) is 0 Å². The zero-order valence-electron chi connectivity index (χ0n) is 10.6. The summed E-state index contributed by atoms with van der Waals surface area (Å²) in [6, 6.07) is 4.48. The Labute approximate surface area is 103 Å². The van der Waals surface area contributed by atoms with Gasteiger partial charge < -0.3 is 10.5 Å². The Hall–Kier alpha value is -1.13. The predicted molar refractivity (Wildman–Crippen MR) is 68.6 cm³/mol. The van der Waals surface area contributed by atoms with E-state index in [-0.39, 0.29) is 0 Å². The van der Waals surface area contributed by atoms with Crippen LogP contribution in [-0.2, 0) is 11.3 Å². The molecule has 0 saturated carbocycles. The van der Waals surface area contributed by atoms with Crippen LogP contribution in [0, 0.1) is 0 Å². The molecule has 1 aliphatic rings. The standard InChI is InChI=1S/C13H21N3O/c1-3-12-9-17-10(2)7-16(12)8-11-5-4-6-15-13(11)14/h4-6,10,12H,3,7-9H2,1-2H3,(H2,14,15). The third-order valence-corrected chi connectivity index (χ3v) is 3.35. The first kappa shape index (κ1) is 12.3. The van der Waals surface area contributed by atoms with Gasteiger partial charge >= 0.3 is 0 Å². The van der Waals surface area contributed by atoms with Crippen LogP contribution in [0.1, 0.15) is 25.8 Å². The first-order valence-corrected chi connectivity index (χ1v) is 6.25. The Kier molecular flexibility index (Phi) is 3.97. The van der Waals surface area contributed by atoms with Crippen molar-refractivity contribution in [2.75, 3.05) is 18.9 Å². The minimum atomic E-state index is 0.302.